The molecule has 8 heteroatoms. The van der Waals surface area contributed by atoms with E-state index in [1.165, 1.54) is 29.5 Å². The van der Waals surface area contributed by atoms with Gasteiger partial charge in [-0.3, -0.25) is 10.1 Å². The highest BCUT2D eigenvalue weighted by atomic mass is 35.5. The highest BCUT2D eigenvalue weighted by molar-refractivity contribution is 7.16. The fraction of sp³-hybridized carbons (Fsp3) is 0.0714. The van der Waals surface area contributed by atoms with Crippen LogP contribution in [0.3, 0.4) is 0 Å². The predicted molar refractivity (Wildman–Crippen MR) is 80.8 cm³/mol. The topological polar surface area (TPSA) is 68.0 Å². The number of amides is 1. The molecule has 0 aliphatic heterocycles. The Bertz CT molecular complexity index is 818. The molecular formula is C14H9ClFN3O2S. The smallest absolute Gasteiger partial charge is 0.322 e. The summed E-state index contributed by atoms with van der Waals surface area (Å²) in [5.74, 6) is -0.928. The van der Waals surface area contributed by atoms with Crippen LogP contribution in [0.25, 0.3) is 0 Å². The van der Waals surface area contributed by atoms with Gasteiger partial charge in [-0.15, -0.1) is 16.4 Å². The number of thiophene rings is 1. The normalized spacial score (nSPS) is 10.6. The Kier molecular flexibility index (Phi) is 4.17. The van der Waals surface area contributed by atoms with Crippen LogP contribution in [0.4, 0.5) is 10.4 Å². The second kappa shape index (κ2) is 6.25. The Morgan fingerprint density at radius 1 is 1.27 bits per heavy atom. The van der Waals surface area contributed by atoms with Crippen LogP contribution in [0.15, 0.2) is 40.8 Å². The minimum atomic E-state index is -0.646. The summed E-state index contributed by atoms with van der Waals surface area (Å²) >= 11 is 7.25. The molecule has 0 spiro atoms. The number of hydrogen-bond donors (Lipinski definition) is 1. The molecule has 2 aromatic heterocycles. The number of benzene rings is 1. The molecule has 2 heterocycles. The van der Waals surface area contributed by atoms with E-state index in [4.69, 9.17) is 16.0 Å². The van der Waals surface area contributed by atoms with E-state index in [2.05, 4.69) is 15.5 Å². The van der Waals surface area contributed by atoms with E-state index in [9.17, 15) is 9.18 Å². The minimum Gasteiger partial charge on any atom is -0.407 e. The summed E-state index contributed by atoms with van der Waals surface area (Å²) in [4.78, 5) is 12.9. The Labute approximate surface area is 133 Å². The van der Waals surface area contributed by atoms with Gasteiger partial charge in [0.2, 0.25) is 5.89 Å². The molecule has 0 unspecified atom stereocenters. The van der Waals surface area contributed by atoms with Gasteiger partial charge in [-0.05, 0) is 24.3 Å². The van der Waals surface area contributed by atoms with Gasteiger partial charge in [0.1, 0.15) is 5.82 Å². The Hall–Kier alpha value is -2.25. The number of carbonyl (C=O) groups excluding carboxylic acids is 1. The van der Waals surface area contributed by atoms with E-state index in [0.29, 0.717) is 16.6 Å². The van der Waals surface area contributed by atoms with E-state index in [1.807, 2.05) is 6.07 Å². The fourth-order valence-electron chi connectivity index (χ4n) is 1.78. The highest BCUT2D eigenvalue weighted by Gasteiger charge is 2.15. The number of aromatic nitrogens is 2. The van der Waals surface area contributed by atoms with Crippen molar-refractivity contribution in [3.05, 3.63) is 62.9 Å². The number of rotatable bonds is 4. The van der Waals surface area contributed by atoms with E-state index in [-0.39, 0.29) is 11.6 Å². The maximum atomic E-state index is 13.5. The number of nitrogens with one attached hydrogen (secondary N) is 1. The maximum Gasteiger partial charge on any atom is 0.322 e. The second-order valence-electron chi connectivity index (χ2n) is 4.32. The standard InChI is InChI=1S/C14H9ClFN3O2S/c15-11-6-5-8(22-11)7-12-18-19-14(21-12)17-13(20)9-3-1-2-4-10(9)16/h1-6H,7H2,(H,17,19,20). The number of anilines is 1. The summed E-state index contributed by atoms with van der Waals surface area (Å²) in [6.45, 7) is 0. The van der Waals surface area contributed by atoms with Crippen LogP contribution in [0.1, 0.15) is 21.1 Å². The van der Waals surface area contributed by atoms with Crippen molar-refractivity contribution in [3.8, 4) is 0 Å². The van der Waals surface area contributed by atoms with Crippen molar-refractivity contribution >= 4 is 34.9 Å². The van der Waals surface area contributed by atoms with Gasteiger partial charge in [0.25, 0.3) is 5.91 Å². The third kappa shape index (κ3) is 3.32. The lowest BCUT2D eigenvalue weighted by atomic mass is 10.2. The SMILES string of the molecule is O=C(Nc1nnc(Cc2ccc(Cl)s2)o1)c1ccccc1F. The van der Waals surface area contributed by atoms with Crippen molar-refractivity contribution in [2.24, 2.45) is 0 Å². The number of carbonyl (C=O) groups is 1. The van der Waals surface area contributed by atoms with Crippen molar-refractivity contribution in [1.82, 2.24) is 10.2 Å². The third-order valence-electron chi connectivity index (χ3n) is 2.76. The average molecular weight is 338 g/mol. The lowest BCUT2D eigenvalue weighted by Crippen LogP contribution is -2.13. The van der Waals surface area contributed by atoms with Crippen LogP contribution < -0.4 is 5.32 Å². The molecule has 0 bridgehead atoms. The molecular weight excluding hydrogens is 329 g/mol. The molecule has 0 saturated heterocycles. The summed E-state index contributed by atoms with van der Waals surface area (Å²) in [5, 5.41) is 9.91. The zero-order valence-corrected chi connectivity index (χ0v) is 12.6. The summed E-state index contributed by atoms with van der Waals surface area (Å²) in [6, 6.07) is 9.20. The van der Waals surface area contributed by atoms with Crippen LogP contribution in [0.2, 0.25) is 4.34 Å². The molecule has 1 aromatic carbocycles. The summed E-state index contributed by atoms with van der Waals surface area (Å²) in [7, 11) is 0. The van der Waals surface area contributed by atoms with Gasteiger partial charge in [-0.1, -0.05) is 28.8 Å². The van der Waals surface area contributed by atoms with E-state index in [1.54, 1.807) is 12.1 Å². The van der Waals surface area contributed by atoms with Crippen LogP contribution in [-0.2, 0) is 6.42 Å². The molecule has 0 saturated carbocycles. The lowest BCUT2D eigenvalue weighted by Gasteiger charge is -2.01. The molecule has 3 rings (SSSR count). The zero-order chi connectivity index (χ0) is 15.5. The van der Waals surface area contributed by atoms with E-state index in [0.717, 1.165) is 4.88 Å². The highest BCUT2D eigenvalue weighted by Crippen LogP contribution is 2.24. The van der Waals surface area contributed by atoms with Gasteiger partial charge < -0.3 is 4.42 Å². The first-order valence-electron chi connectivity index (χ1n) is 6.24. The molecule has 1 N–H and O–H groups in total. The van der Waals surface area contributed by atoms with Crippen molar-refractivity contribution in [2.45, 2.75) is 6.42 Å². The lowest BCUT2D eigenvalue weighted by molar-refractivity contribution is 0.102. The molecule has 5 nitrogen and oxygen atoms in total. The van der Waals surface area contributed by atoms with Gasteiger partial charge in [-0.25, -0.2) is 4.39 Å². The average Bonchev–Trinajstić information content (AvgIpc) is 3.09. The molecule has 0 fully saturated rings. The quantitative estimate of drug-likeness (QED) is 0.787. The van der Waals surface area contributed by atoms with E-state index >= 15 is 0 Å². The van der Waals surface area contributed by atoms with Crippen molar-refractivity contribution < 1.29 is 13.6 Å². The molecule has 112 valence electrons. The molecule has 0 atom stereocenters. The Morgan fingerprint density at radius 3 is 2.82 bits per heavy atom. The first kappa shape index (κ1) is 14.7. The van der Waals surface area contributed by atoms with Gasteiger partial charge in [0.05, 0.1) is 16.3 Å². The van der Waals surface area contributed by atoms with Gasteiger partial charge in [0.15, 0.2) is 0 Å². The fourth-order valence-corrected chi connectivity index (χ4v) is 2.86. The monoisotopic (exact) mass is 337 g/mol. The Balaban J connectivity index is 1.69. The number of halogens is 2. The second-order valence-corrected chi connectivity index (χ2v) is 6.12. The van der Waals surface area contributed by atoms with Crippen molar-refractivity contribution in [3.63, 3.8) is 0 Å². The molecule has 0 aliphatic carbocycles. The van der Waals surface area contributed by atoms with Crippen LogP contribution in [-0.4, -0.2) is 16.1 Å². The number of hydrogen-bond acceptors (Lipinski definition) is 5. The van der Waals surface area contributed by atoms with Gasteiger partial charge >= 0.3 is 6.01 Å². The summed E-state index contributed by atoms with van der Waals surface area (Å²) < 4.78 is 19.5. The first-order valence-corrected chi connectivity index (χ1v) is 7.44. The van der Waals surface area contributed by atoms with E-state index < -0.39 is 11.7 Å². The van der Waals surface area contributed by atoms with Gasteiger partial charge in [0, 0.05) is 4.88 Å². The molecule has 0 aliphatic rings. The molecule has 1 amide bonds. The molecule has 3 aromatic rings. The summed E-state index contributed by atoms with van der Waals surface area (Å²) in [5.41, 5.74) is -0.0905. The van der Waals surface area contributed by atoms with Crippen LogP contribution in [0.5, 0.6) is 0 Å². The zero-order valence-electron chi connectivity index (χ0n) is 11.0. The van der Waals surface area contributed by atoms with Gasteiger partial charge in [-0.2, -0.15) is 0 Å². The first-order chi connectivity index (χ1) is 10.6. The maximum absolute atomic E-state index is 13.5. The molecule has 0 radical (unpaired) electrons. The summed E-state index contributed by atoms with van der Waals surface area (Å²) in [6.07, 6.45) is 0.417. The predicted octanol–water partition coefficient (Wildman–Crippen LogP) is 3.77. The molecule has 22 heavy (non-hydrogen) atoms. The number of nitrogens with zero attached hydrogens (tertiary/aromatic N) is 2. The third-order valence-corrected chi connectivity index (χ3v) is 3.99. The van der Waals surface area contributed by atoms with Crippen molar-refractivity contribution in [1.29, 1.82) is 0 Å². The largest absolute Gasteiger partial charge is 0.407 e. The van der Waals surface area contributed by atoms with Crippen molar-refractivity contribution in [2.75, 3.05) is 5.32 Å². The van der Waals surface area contributed by atoms with Crippen LogP contribution >= 0.6 is 22.9 Å². The Morgan fingerprint density at radius 2 is 2.09 bits per heavy atom. The van der Waals surface area contributed by atoms with Crippen LogP contribution in [0, 0.1) is 5.82 Å². The minimum absolute atomic E-state index is 0.0779.